The van der Waals surface area contributed by atoms with Gasteiger partial charge in [-0.25, -0.2) is 0 Å². The maximum Gasteiger partial charge on any atom is 0.147 e. The summed E-state index contributed by atoms with van der Waals surface area (Å²) in [7, 11) is 1.65. The van der Waals surface area contributed by atoms with Gasteiger partial charge < -0.3 is 4.74 Å². The van der Waals surface area contributed by atoms with Crippen LogP contribution in [-0.2, 0) is 11.2 Å². The van der Waals surface area contributed by atoms with Crippen LogP contribution in [0.1, 0.15) is 31.2 Å². The number of hydrogen-bond donors (Lipinski definition) is 0. The second-order valence-corrected chi connectivity index (χ2v) is 6.07. The molecule has 0 radical (unpaired) electrons. The molecule has 98 valence electrons. The van der Waals surface area contributed by atoms with Gasteiger partial charge in [-0.1, -0.05) is 25.0 Å². The van der Waals surface area contributed by atoms with E-state index in [2.05, 4.69) is 0 Å². The van der Waals surface area contributed by atoms with Crippen LogP contribution < -0.4 is 4.74 Å². The molecule has 0 aliphatic heterocycles. The Bertz CT molecular complexity index is 397. The summed E-state index contributed by atoms with van der Waals surface area (Å²) in [5.74, 6) is 1.80. The average molecular weight is 264 g/mol. The number of thioether (sulfide) groups is 1. The minimum atomic E-state index is 0.320. The Hall–Kier alpha value is -0.960. The van der Waals surface area contributed by atoms with Crippen molar-refractivity contribution in [2.24, 2.45) is 0 Å². The van der Waals surface area contributed by atoms with Gasteiger partial charge in [0.1, 0.15) is 11.5 Å². The van der Waals surface area contributed by atoms with Crippen molar-refractivity contribution in [3.05, 3.63) is 29.8 Å². The van der Waals surface area contributed by atoms with E-state index in [-0.39, 0.29) is 0 Å². The number of Topliss-reactive ketones (excluding diaryl/α,β-unsaturated/α-hetero) is 1. The van der Waals surface area contributed by atoms with Crippen LogP contribution in [-0.4, -0.2) is 23.9 Å². The fourth-order valence-corrected chi connectivity index (χ4v) is 3.52. The molecule has 18 heavy (non-hydrogen) atoms. The molecule has 1 aromatic rings. The first-order valence-corrected chi connectivity index (χ1v) is 7.59. The van der Waals surface area contributed by atoms with Gasteiger partial charge in [0.2, 0.25) is 0 Å². The highest BCUT2D eigenvalue weighted by molar-refractivity contribution is 8.00. The minimum absolute atomic E-state index is 0.320. The summed E-state index contributed by atoms with van der Waals surface area (Å²) < 4.78 is 5.16. The maximum atomic E-state index is 11.9. The first kappa shape index (κ1) is 13.5. The van der Waals surface area contributed by atoms with Gasteiger partial charge in [0, 0.05) is 11.7 Å². The summed E-state index contributed by atoms with van der Waals surface area (Å²) in [5, 5.41) is 0.722. The molecule has 0 heterocycles. The first-order valence-electron chi connectivity index (χ1n) is 6.54. The zero-order valence-electron chi connectivity index (χ0n) is 10.9. The molecule has 0 spiro atoms. The van der Waals surface area contributed by atoms with Gasteiger partial charge in [0.25, 0.3) is 0 Å². The smallest absolute Gasteiger partial charge is 0.147 e. The van der Waals surface area contributed by atoms with Crippen LogP contribution >= 0.6 is 11.8 Å². The molecule has 0 aromatic heterocycles. The van der Waals surface area contributed by atoms with Gasteiger partial charge in [-0.15, -0.1) is 0 Å². The quantitative estimate of drug-likeness (QED) is 0.787. The van der Waals surface area contributed by atoms with Gasteiger partial charge in [-0.2, -0.15) is 11.8 Å². The Labute approximate surface area is 113 Å². The van der Waals surface area contributed by atoms with E-state index >= 15 is 0 Å². The van der Waals surface area contributed by atoms with Gasteiger partial charge in [-0.05, 0) is 30.5 Å². The monoisotopic (exact) mass is 264 g/mol. The highest BCUT2D eigenvalue weighted by Gasteiger charge is 2.16. The van der Waals surface area contributed by atoms with Crippen LogP contribution in [0.4, 0.5) is 0 Å². The molecule has 2 nitrogen and oxygen atoms in total. The van der Waals surface area contributed by atoms with Gasteiger partial charge >= 0.3 is 0 Å². The lowest BCUT2D eigenvalue weighted by molar-refractivity contribution is -0.116. The predicted octanol–water partition coefficient (Wildman–Crippen LogP) is 3.48. The van der Waals surface area contributed by atoms with Gasteiger partial charge in [0.15, 0.2) is 0 Å². The summed E-state index contributed by atoms with van der Waals surface area (Å²) >= 11 is 1.84. The fraction of sp³-hybridized carbons (Fsp3) is 0.533. The Morgan fingerprint density at radius 2 is 2.17 bits per heavy atom. The molecule has 2 rings (SSSR count). The van der Waals surface area contributed by atoms with E-state index < -0.39 is 0 Å². The number of carbonyl (C=O) groups is 1. The Morgan fingerprint density at radius 1 is 1.39 bits per heavy atom. The molecule has 1 aromatic carbocycles. The summed E-state index contributed by atoms with van der Waals surface area (Å²) in [6, 6.07) is 7.77. The molecule has 0 N–H and O–H groups in total. The van der Waals surface area contributed by atoms with Crippen molar-refractivity contribution in [1.82, 2.24) is 0 Å². The number of ether oxygens (including phenoxy) is 1. The lowest BCUT2D eigenvalue weighted by atomic mass is 10.1. The van der Waals surface area contributed by atoms with Crippen LogP contribution in [0.15, 0.2) is 24.3 Å². The molecule has 1 fully saturated rings. The first-order chi connectivity index (χ1) is 8.78. The van der Waals surface area contributed by atoms with Crippen molar-refractivity contribution < 1.29 is 9.53 Å². The topological polar surface area (TPSA) is 26.3 Å². The van der Waals surface area contributed by atoms with Crippen LogP contribution in [0.5, 0.6) is 5.75 Å². The van der Waals surface area contributed by atoms with Crippen LogP contribution in [0, 0.1) is 0 Å². The van der Waals surface area contributed by atoms with Crippen LogP contribution in [0.2, 0.25) is 0 Å². The standard InChI is InChI=1S/C15H20O2S/c1-17-14-6-4-5-12(10-14)9-13(16)11-18-15-7-2-3-8-15/h4-6,10,15H,2-3,7-9,11H2,1H3. The average Bonchev–Trinajstić information content (AvgIpc) is 2.90. The highest BCUT2D eigenvalue weighted by Crippen LogP contribution is 2.29. The SMILES string of the molecule is COc1cccc(CC(=O)CSC2CCCC2)c1. The number of methoxy groups -OCH3 is 1. The van der Waals surface area contributed by atoms with Gasteiger partial charge in [0.05, 0.1) is 12.9 Å². The van der Waals surface area contributed by atoms with Crippen molar-refractivity contribution in [1.29, 1.82) is 0 Å². The second kappa shape index (κ2) is 6.83. The lowest BCUT2D eigenvalue weighted by Crippen LogP contribution is -2.09. The molecule has 1 saturated carbocycles. The molecular formula is C15H20O2S. The molecule has 0 amide bonds. The summed E-state index contributed by atoms with van der Waals surface area (Å²) in [4.78, 5) is 11.9. The van der Waals surface area contributed by atoms with Crippen molar-refractivity contribution in [2.75, 3.05) is 12.9 Å². The predicted molar refractivity (Wildman–Crippen MR) is 76.4 cm³/mol. The third-order valence-corrected chi connectivity index (χ3v) is 4.75. The summed E-state index contributed by atoms with van der Waals surface area (Å²) in [5.41, 5.74) is 1.05. The Balaban J connectivity index is 1.78. The van der Waals surface area contributed by atoms with Crippen LogP contribution in [0.3, 0.4) is 0 Å². The minimum Gasteiger partial charge on any atom is -0.497 e. The van der Waals surface area contributed by atoms with E-state index in [1.165, 1.54) is 25.7 Å². The van der Waals surface area contributed by atoms with E-state index in [9.17, 15) is 4.79 Å². The molecule has 1 aliphatic carbocycles. The zero-order chi connectivity index (χ0) is 12.8. The molecule has 0 unspecified atom stereocenters. The van der Waals surface area contributed by atoms with E-state index in [1.54, 1.807) is 7.11 Å². The third kappa shape index (κ3) is 4.05. The third-order valence-electron chi connectivity index (χ3n) is 3.32. The number of carbonyl (C=O) groups excluding carboxylic acids is 1. The molecular weight excluding hydrogens is 244 g/mol. The Morgan fingerprint density at radius 3 is 2.89 bits per heavy atom. The number of hydrogen-bond acceptors (Lipinski definition) is 3. The molecule has 0 bridgehead atoms. The molecule has 3 heteroatoms. The lowest BCUT2D eigenvalue weighted by Gasteiger charge is -2.08. The zero-order valence-corrected chi connectivity index (χ0v) is 11.7. The second-order valence-electron chi connectivity index (χ2n) is 4.78. The van der Waals surface area contributed by atoms with Crippen molar-refractivity contribution >= 4 is 17.5 Å². The Kier molecular flexibility index (Phi) is 5.12. The van der Waals surface area contributed by atoms with Crippen molar-refractivity contribution in [2.45, 2.75) is 37.4 Å². The van der Waals surface area contributed by atoms with Crippen molar-refractivity contribution in [3.63, 3.8) is 0 Å². The fourth-order valence-electron chi connectivity index (χ4n) is 2.33. The molecule has 1 aliphatic rings. The van der Waals surface area contributed by atoms with Crippen LogP contribution in [0.25, 0.3) is 0 Å². The van der Waals surface area contributed by atoms with E-state index in [0.717, 1.165) is 16.6 Å². The van der Waals surface area contributed by atoms with E-state index in [1.807, 2.05) is 36.0 Å². The van der Waals surface area contributed by atoms with Gasteiger partial charge in [-0.3, -0.25) is 4.79 Å². The molecule has 0 saturated heterocycles. The highest BCUT2D eigenvalue weighted by atomic mass is 32.2. The van der Waals surface area contributed by atoms with E-state index in [0.29, 0.717) is 18.0 Å². The largest absolute Gasteiger partial charge is 0.497 e. The van der Waals surface area contributed by atoms with Crippen molar-refractivity contribution in [3.8, 4) is 5.75 Å². The summed E-state index contributed by atoms with van der Waals surface area (Å²) in [6.07, 6.45) is 5.77. The number of ketones is 1. The summed E-state index contributed by atoms with van der Waals surface area (Å²) in [6.45, 7) is 0. The number of benzene rings is 1. The normalized spacial score (nSPS) is 15.8. The van der Waals surface area contributed by atoms with E-state index in [4.69, 9.17) is 4.74 Å². The maximum absolute atomic E-state index is 11.9. The molecule has 0 atom stereocenters. The number of rotatable bonds is 6.